The molecule has 344 valence electrons. The summed E-state index contributed by atoms with van der Waals surface area (Å²) in [5.41, 5.74) is -2.15. The van der Waals surface area contributed by atoms with Gasteiger partial charge < -0.3 is 34.0 Å². The van der Waals surface area contributed by atoms with Gasteiger partial charge in [-0.15, -0.1) is 0 Å². The predicted octanol–water partition coefficient (Wildman–Crippen LogP) is 7.58. The lowest BCUT2D eigenvalue weighted by Gasteiger charge is -2.20. The van der Waals surface area contributed by atoms with Crippen molar-refractivity contribution in [2.45, 2.75) is 123 Å². The highest BCUT2D eigenvalue weighted by molar-refractivity contribution is 5.93. The number of amides is 2. The van der Waals surface area contributed by atoms with Crippen LogP contribution in [0, 0.1) is 23.7 Å². The average Bonchev–Trinajstić information content (AvgIpc) is 3.21. The average molecular weight is 876 g/mol. The lowest BCUT2D eigenvalue weighted by molar-refractivity contribution is -0.148. The highest BCUT2D eigenvalue weighted by Gasteiger charge is 2.34. The molecule has 0 radical (unpaired) electrons. The molecule has 2 rings (SSSR count). The number of unbranched alkanes of at least 4 members (excludes halogenated alkanes) is 12. The molecule has 0 atom stereocenters. The number of carbonyl (C=O) groups excluding carboxylic acids is 4. The third kappa shape index (κ3) is 25.8. The largest absolute Gasteiger partial charge is 0.465 e. The first-order valence-electron chi connectivity index (χ1n) is 21.8. The topological polar surface area (TPSA) is 163 Å². The minimum atomic E-state index is -4.70. The smallest absolute Gasteiger partial charge is 0.417 e. The number of benzene rings is 1. The Balaban J connectivity index is 1.36. The Bertz CT molecular complexity index is 1810. The molecule has 0 bridgehead atoms. The summed E-state index contributed by atoms with van der Waals surface area (Å²) in [7, 11) is 0. The summed E-state index contributed by atoms with van der Waals surface area (Å²) in [6.45, 7) is 6.10. The molecule has 62 heavy (non-hydrogen) atoms. The molecule has 0 spiro atoms. The van der Waals surface area contributed by atoms with E-state index in [2.05, 4.69) is 34.3 Å². The molecule has 2 N–H and O–H groups in total. The first kappa shape index (κ1) is 53.2. The van der Waals surface area contributed by atoms with Gasteiger partial charge in [0.1, 0.15) is 5.58 Å². The molecule has 2 aromatic rings. The molecular formula is C46H64F3N3O10. The van der Waals surface area contributed by atoms with Crippen molar-refractivity contribution in [2.24, 2.45) is 0 Å². The highest BCUT2D eigenvalue weighted by atomic mass is 19.4. The number of alkyl halides is 3. The van der Waals surface area contributed by atoms with Gasteiger partial charge in [0, 0.05) is 62.0 Å². The molecule has 0 aliphatic heterocycles. The monoisotopic (exact) mass is 875 g/mol. The molecule has 0 saturated carbocycles. The predicted molar refractivity (Wildman–Crippen MR) is 230 cm³/mol. The van der Waals surface area contributed by atoms with Crippen LogP contribution in [0.25, 0.3) is 11.0 Å². The standard InChI is InChI=1S/C46H64F3N3O10/c1-3-60-44(56)35-52(36-45(57)61-4-2)28-30-59-32-31-58-29-27-50-41(53)23-21-19-17-15-13-11-9-7-5-6-8-10-12-14-16-18-20-22-24-42(54)51-37-25-26-38-39(46(47,48)49)34-43(55)62-40(38)33-37/h25-26,33-34H,3-4,9-24,27-32,35-36H2,1-2H3,(H,50,53)(H,51,54). The van der Waals surface area contributed by atoms with E-state index in [-0.39, 0.29) is 61.2 Å². The number of esters is 2. The second kappa shape index (κ2) is 32.8. The Morgan fingerprint density at radius 3 is 1.79 bits per heavy atom. The zero-order valence-corrected chi connectivity index (χ0v) is 36.4. The fraction of sp³-hybridized carbons (Fsp3) is 0.630. The summed E-state index contributed by atoms with van der Waals surface area (Å²) >= 11 is 0. The molecule has 2 amide bonds. The van der Waals surface area contributed by atoms with E-state index >= 15 is 0 Å². The quantitative estimate of drug-likeness (QED) is 0.0323. The van der Waals surface area contributed by atoms with E-state index in [0.29, 0.717) is 58.4 Å². The zero-order chi connectivity index (χ0) is 45.3. The maximum absolute atomic E-state index is 13.2. The van der Waals surface area contributed by atoms with Crippen LogP contribution in [0.1, 0.15) is 122 Å². The Morgan fingerprint density at radius 2 is 1.23 bits per heavy atom. The number of hydrogen-bond acceptors (Lipinski definition) is 11. The van der Waals surface area contributed by atoms with E-state index in [0.717, 1.165) is 83.5 Å². The van der Waals surface area contributed by atoms with Gasteiger partial charge in [-0.3, -0.25) is 24.1 Å². The van der Waals surface area contributed by atoms with E-state index in [1.54, 1.807) is 18.7 Å². The first-order chi connectivity index (χ1) is 29.9. The van der Waals surface area contributed by atoms with Crippen molar-refractivity contribution >= 4 is 40.4 Å². The number of fused-ring (bicyclic) bond motifs is 1. The number of hydrogen-bond donors (Lipinski definition) is 2. The van der Waals surface area contributed by atoms with E-state index < -0.39 is 29.3 Å². The van der Waals surface area contributed by atoms with Gasteiger partial charge in [0.2, 0.25) is 11.8 Å². The van der Waals surface area contributed by atoms with Crippen molar-refractivity contribution in [3.05, 3.63) is 40.2 Å². The maximum atomic E-state index is 13.2. The number of anilines is 1. The van der Waals surface area contributed by atoms with Crippen molar-refractivity contribution in [3.63, 3.8) is 0 Å². The molecule has 13 nitrogen and oxygen atoms in total. The van der Waals surface area contributed by atoms with Gasteiger partial charge in [0.25, 0.3) is 0 Å². The Morgan fingerprint density at radius 1 is 0.694 bits per heavy atom. The summed E-state index contributed by atoms with van der Waals surface area (Å²) in [6, 6.07) is 4.20. The van der Waals surface area contributed by atoms with Crippen LogP contribution in [-0.2, 0) is 44.3 Å². The Hall–Kier alpha value is -4.90. The summed E-state index contributed by atoms with van der Waals surface area (Å²) in [5, 5.41) is 5.28. The number of nitrogens with one attached hydrogen (secondary N) is 2. The van der Waals surface area contributed by atoms with Crippen molar-refractivity contribution < 1.29 is 55.7 Å². The first-order valence-corrected chi connectivity index (χ1v) is 21.8. The summed E-state index contributed by atoms with van der Waals surface area (Å²) < 4.78 is 65.6. The van der Waals surface area contributed by atoms with Crippen LogP contribution in [0.3, 0.4) is 0 Å². The van der Waals surface area contributed by atoms with Gasteiger partial charge in [0.15, 0.2) is 0 Å². The Labute approximate surface area is 363 Å². The maximum Gasteiger partial charge on any atom is 0.417 e. The molecule has 0 aliphatic rings. The molecule has 16 heteroatoms. The third-order valence-electron chi connectivity index (χ3n) is 9.29. The van der Waals surface area contributed by atoms with E-state index in [1.165, 1.54) is 18.2 Å². The SMILES string of the molecule is CCOC(=O)CN(CCOCCOCCNC(=O)CCCCCCCCC#CC#CCCCCCCCCC(=O)Nc1ccc2c(C(F)(F)F)cc(=O)oc2c1)CC(=O)OCC. The molecule has 1 aromatic heterocycles. The summed E-state index contributed by atoms with van der Waals surface area (Å²) in [5.74, 6) is 11.0. The van der Waals surface area contributed by atoms with Crippen molar-refractivity contribution in [2.75, 3.05) is 71.1 Å². The number of ether oxygens (including phenoxy) is 4. The normalized spacial score (nSPS) is 11.1. The van der Waals surface area contributed by atoms with Gasteiger partial charge >= 0.3 is 23.7 Å². The zero-order valence-electron chi connectivity index (χ0n) is 36.4. The van der Waals surface area contributed by atoms with E-state index in [1.807, 2.05) is 0 Å². The van der Waals surface area contributed by atoms with Crippen LogP contribution in [0.2, 0.25) is 0 Å². The minimum absolute atomic E-state index is 0.0145. The molecular weight excluding hydrogens is 812 g/mol. The van der Waals surface area contributed by atoms with Crippen LogP contribution < -0.4 is 16.3 Å². The van der Waals surface area contributed by atoms with Crippen LogP contribution in [0.4, 0.5) is 18.9 Å². The summed E-state index contributed by atoms with van der Waals surface area (Å²) in [6.07, 6.45) is 9.47. The fourth-order valence-corrected chi connectivity index (χ4v) is 6.18. The summed E-state index contributed by atoms with van der Waals surface area (Å²) in [4.78, 5) is 61.2. The molecule has 1 heterocycles. The molecule has 1 aromatic carbocycles. The highest BCUT2D eigenvalue weighted by Crippen LogP contribution is 2.34. The van der Waals surface area contributed by atoms with Crippen LogP contribution in [0.15, 0.2) is 33.5 Å². The number of nitrogens with zero attached hydrogens (tertiary/aromatic N) is 1. The van der Waals surface area contributed by atoms with Crippen LogP contribution in [0.5, 0.6) is 0 Å². The van der Waals surface area contributed by atoms with Gasteiger partial charge in [-0.1, -0.05) is 63.2 Å². The van der Waals surface area contributed by atoms with Crippen LogP contribution >= 0.6 is 0 Å². The van der Waals surface area contributed by atoms with Crippen molar-refractivity contribution in [3.8, 4) is 23.7 Å². The van der Waals surface area contributed by atoms with Gasteiger partial charge in [-0.2, -0.15) is 13.2 Å². The molecule has 0 unspecified atom stereocenters. The number of carbonyl (C=O) groups is 4. The van der Waals surface area contributed by atoms with Crippen molar-refractivity contribution in [1.82, 2.24) is 10.2 Å². The van der Waals surface area contributed by atoms with Gasteiger partial charge in [0.05, 0.1) is 58.3 Å². The lowest BCUT2D eigenvalue weighted by Crippen LogP contribution is -2.38. The van der Waals surface area contributed by atoms with E-state index in [9.17, 15) is 37.1 Å². The van der Waals surface area contributed by atoms with Gasteiger partial charge in [-0.05, 0) is 63.5 Å². The van der Waals surface area contributed by atoms with Gasteiger partial charge in [-0.25, -0.2) is 4.79 Å². The molecule has 0 fully saturated rings. The second-order valence-electron chi connectivity index (χ2n) is 14.5. The molecule has 0 aliphatic carbocycles. The molecule has 0 saturated heterocycles. The lowest BCUT2D eigenvalue weighted by atomic mass is 10.1. The number of rotatable bonds is 32. The number of halogens is 3. The van der Waals surface area contributed by atoms with Crippen LogP contribution in [-0.4, -0.2) is 94.5 Å². The third-order valence-corrected chi connectivity index (χ3v) is 9.29. The fourth-order valence-electron chi connectivity index (χ4n) is 6.18. The minimum Gasteiger partial charge on any atom is -0.465 e. The van der Waals surface area contributed by atoms with E-state index in [4.69, 9.17) is 23.4 Å². The Kier molecular flexibility index (Phi) is 28.1. The second-order valence-corrected chi connectivity index (χ2v) is 14.5. The van der Waals surface area contributed by atoms with Crippen molar-refractivity contribution in [1.29, 1.82) is 0 Å².